The van der Waals surface area contributed by atoms with E-state index in [4.69, 9.17) is 4.52 Å². The van der Waals surface area contributed by atoms with Crippen LogP contribution in [0.15, 0.2) is 4.52 Å². The maximum Gasteiger partial charge on any atom is 0.248 e. The first-order valence-corrected chi connectivity index (χ1v) is 9.19. The molecule has 1 aromatic heterocycles. The number of aromatic nitrogens is 2. The Labute approximate surface area is 147 Å². The summed E-state index contributed by atoms with van der Waals surface area (Å²) in [6, 6.07) is -0.307. The lowest BCUT2D eigenvalue weighted by Gasteiger charge is -2.61. The van der Waals surface area contributed by atoms with Gasteiger partial charge in [0.25, 0.3) is 0 Å². The largest absolute Gasteiger partial charge is 0.351 e. The second-order valence-electron chi connectivity index (χ2n) is 8.58. The molecule has 5 rings (SSSR count). The quantitative estimate of drug-likeness (QED) is 0.869. The first-order chi connectivity index (χ1) is 11.8. The van der Waals surface area contributed by atoms with Crippen molar-refractivity contribution in [1.82, 2.24) is 20.8 Å². The van der Waals surface area contributed by atoms with Gasteiger partial charge in [-0.25, -0.2) is 0 Å². The van der Waals surface area contributed by atoms with Gasteiger partial charge in [-0.05, 0) is 64.2 Å². The maximum absolute atomic E-state index is 13.2. The van der Waals surface area contributed by atoms with Crippen molar-refractivity contribution in [3.63, 3.8) is 0 Å². The van der Waals surface area contributed by atoms with Gasteiger partial charge < -0.3 is 15.2 Å². The van der Waals surface area contributed by atoms with Crippen LogP contribution in [-0.2, 0) is 9.59 Å². The lowest BCUT2D eigenvalue weighted by Crippen LogP contribution is -2.65. The highest BCUT2D eigenvalue weighted by Crippen LogP contribution is 2.61. The number of hydrogen-bond donors (Lipinski definition) is 2. The molecule has 1 heterocycles. The van der Waals surface area contributed by atoms with Crippen LogP contribution in [-0.4, -0.2) is 27.5 Å². The number of hydrogen-bond acceptors (Lipinski definition) is 5. The third-order valence-corrected chi connectivity index (χ3v) is 6.25. The Morgan fingerprint density at radius 2 is 1.92 bits per heavy atom. The summed E-state index contributed by atoms with van der Waals surface area (Å²) >= 11 is 0. The lowest BCUT2D eigenvalue weighted by atomic mass is 9.46. The topological polar surface area (TPSA) is 97.1 Å². The van der Waals surface area contributed by atoms with Crippen molar-refractivity contribution < 1.29 is 14.1 Å². The van der Waals surface area contributed by atoms with Crippen LogP contribution in [0.3, 0.4) is 0 Å². The molecule has 2 amide bonds. The molecule has 136 valence electrons. The van der Waals surface area contributed by atoms with Gasteiger partial charge in [-0.3, -0.25) is 9.59 Å². The van der Waals surface area contributed by atoms with Crippen molar-refractivity contribution >= 4 is 11.8 Å². The molecule has 5 atom stereocenters. The summed E-state index contributed by atoms with van der Waals surface area (Å²) in [5.74, 6) is 2.13. The van der Waals surface area contributed by atoms with E-state index in [0.29, 0.717) is 23.6 Å². The minimum absolute atomic E-state index is 0.00668. The van der Waals surface area contributed by atoms with E-state index in [1.165, 1.54) is 6.42 Å². The molecular weight excluding hydrogens is 320 g/mol. The van der Waals surface area contributed by atoms with E-state index in [1.807, 2.05) is 6.92 Å². The van der Waals surface area contributed by atoms with Gasteiger partial charge in [-0.2, -0.15) is 4.98 Å². The third kappa shape index (κ3) is 2.83. The molecule has 4 saturated carbocycles. The van der Waals surface area contributed by atoms with Crippen LogP contribution in [0.25, 0.3) is 0 Å². The molecule has 4 aliphatic rings. The summed E-state index contributed by atoms with van der Waals surface area (Å²) in [6.07, 6.45) is 5.80. The molecule has 1 aromatic rings. The Balaban J connectivity index is 1.54. The number of nitrogens with one attached hydrogen (secondary N) is 2. The molecule has 2 N–H and O–H groups in total. The molecule has 4 bridgehead atoms. The zero-order valence-corrected chi connectivity index (χ0v) is 15.1. The Morgan fingerprint density at radius 1 is 1.24 bits per heavy atom. The fourth-order valence-corrected chi connectivity index (χ4v) is 5.95. The average molecular weight is 346 g/mol. The SMILES string of the molecule is CC(=O)NC12C[C@H]3C[C@@H](C1)CC(C(=O)N[C@H](C)c1nc(C)no1)(C3)C2. The van der Waals surface area contributed by atoms with Crippen molar-refractivity contribution in [1.29, 1.82) is 0 Å². The molecule has 0 spiro atoms. The van der Waals surface area contributed by atoms with Crippen LogP contribution in [0.5, 0.6) is 0 Å². The van der Waals surface area contributed by atoms with Gasteiger partial charge >= 0.3 is 0 Å². The van der Waals surface area contributed by atoms with Crippen molar-refractivity contribution in [3.05, 3.63) is 11.7 Å². The van der Waals surface area contributed by atoms with Crippen molar-refractivity contribution in [3.8, 4) is 0 Å². The highest BCUT2D eigenvalue weighted by molar-refractivity contribution is 5.84. The highest BCUT2D eigenvalue weighted by Gasteiger charge is 2.61. The second kappa shape index (κ2) is 5.54. The van der Waals surface area contributed by atoms with Gasteiger partial charge in [0, 0.05) is 12.5 Å². The van der Waals surface area contributed by atoms with Gasteiger partial charge in [-0.15, -0.1) is 0 Å². The van der Waals surface area contributed by atoms with E-state index < -0.39 is 0 Å². The lowest BCUT2D eigenvalue weighted by molar-refractivity contribution is -0.153. The summed E-state index contributed by atoms with van der Waals surface area (Å²) in [5.41, 5.74) is -0.576. The predicted molar refractivity (Wildman–Crippen MR) is 89.3 cm³/mol. The van der Waals surface area contributed by atoms with Crippen molar-refractivity contribution in [2.45, 2.75) is 70.9 Å². The van der Waals surface area contributed by atoms with Gasteiger partial charge in [0.1, 0.15) is 6.04 Å². The summed E-state index contributed by atoms with van der Waals surface area (Å²) in [7, 11) is 0. The highest BCUT2D eigenvalue weighted by atomic mass is 16.5. The number of carbonyl (C=O) groups is 2. The van der Waals surface area contributed by atoms with Gasteiger partial charge in [-0.1, -0.05) is 5.16 Å². The third-order valence-electron chi connectivity index (χ3n) is 6.25. The second-order valence-corrected chi connectivity index (χ2v) is 8.58. The van der Waals surface area contributed by atoms with Crippen molar-refractivity contribution in [2.75, 3.05) is 0 Å². The smallest absolute Gasteiger partial charge is 0.248 e. The zero-order valence-electron chi connectivity index (χ0n) is 15.1. The Hall–Kier alpha value is -1.92. The normalized spacial score (nSPS) is 36.9. The van der Waals surface area contributed by atoms with Crippen LogP contribution in [0.1, 0.15) is 70.1 Å². The Bertz CT molecular complexity index is 699. The first kappa shape index (κ1) is 16.5. The molecule has 7 nitrogen and oxygen atoms in total. The molecule has 4 fully saturated rings. The van der Waals surface area contributed by atoms with E-state index in [-0.39, 0.29) is 28.8 Å². The Kier molecular flexibility index (Phi) is 3.67. The van der Waals surface area contributed by atoms with E-state index in [9.17, 15) is 9.59 Å². The number of rotatable bonds is 4. The fraction of sp³-hybridized carbons (Fsp3) is 0.778. The Morgan fingerprint density at radius 3 is 2.48 bits per heavy atom. The predicted octanol–water partition coefficient (Wildman–Crippen LogP) is 2.03. The van der Waals surface area contributed by atoms with E-state index in [1.54, 1.807) is 13.8 Å². The molecule has 0 aromatic carbocycles. The number of amides is 2. The summed E-state index contributed by atoms with van der Waals surface area (Å²) in [4.78, 5) is 29.1. The van der Waals surface area contributed by atoms with E-state index in [2.05, 4.69) is 20.8 Å². The van der Waals surface area contributed by atoms with Crippen molar-refractivity contribution in [2.24, 2.45) is 17.3 Å². The number of carbonyl (C=O) groups excluding carboxylic acids is 2. The van der Waals surface area contributed by atoms with E-state index in [0.717, 1.165) is 32.1 Å². The van der Waals surface area contributed by atoms with Gasteiger partial charge in [0.2, 0.25) is 17.7 Å². The van der Waals surface area contributed by atoms with Crippen LogP contribution in [0, 0.1) is 24.2 Å². The molecular formula is C18H26N4O3. The van der Waals surface area contributed by atoms with Gasteiger partial charge in [0.15, 0.2) is 5.82 Å². The molecule has 7 heteroatoms. The van der Waals surface area contributed by atoms with Crippen LogP contribution in [0.2, 0.25) is 0 Å². The van der Waals surface area contributed by atoms with E-state index >= 15 is 0 Å². The zero-order chi connectivity index (χ0) is 17.8. The number of aryl methyl sites for hydroxylation is 1. The standard InChI is InChI=1S/C18H26N4O3/c1-10(15-20-11(2)22-25-15)19-16(24)17-5-13-4-14(6-17)8-18(7-13,9-17)21-12(3)23/h10,13-14H,4-9H2,1-3H3,(H,19,24)(H,21,23)/t10-,13-,14+,17?,18?/m1/s1. The molecule has 4 aliphatic carbocycles. The summed E-state index contributed by atoms with van der Waals surface area (Å²) in [5, 5.41) is 10.1. The molecule has 0 aliphatic heterocycles. The number of nitrogens with zero attached hydrogens (tertiary/aromatic N) is 2. The minimum atomic E-state index is -0.379. The molecule has 0 radical (unpaired) electrons. The monoisotopic (exact) mass is 346 g/mol. The van der Waals surface area contributed by atoms with Crippen LogP contribution in [0.4, 0.5) is 0 Å². The average Bonchev–Trinajstić information content (AvgIpc) is 2.91. The van der Waals surface area contributed by atoms with Crippen LogP contribution >= 0.6 is 0 Å². The first-order valence-electron chi connectivity index (χ1n) is 9.19. The summed E-state index contributed by atoms with van der Waals surface area (Å²) < 4.78 is 5.19. The van der Waals surface area contributed by atoms with Gasteiger partial charge in [0.05, 0.1) is 5.41 Å². The summed E-state index contributed by atoms with van der Waals surface area (Å²) in [6.45, 7) is 5.21. The van der Waals surface area contributed by atoms with Crippen LogP contribution < -0.4 is 10.6 Å². The molecule has 2 unspecified atom stereocenters. The fourth-order valence-electron chi connectivity index (χ4n) is 5.95. The molecule has 0 saturated heterocycles. The minimum Gasteiger partial charge on any atom is -0.351 e. The molecule has 25 heavy (non-hydrogen) atoms. The maximum atomic E-state index is 13.2.